The van der Waals surface area contributed by atoms with E-state index in [4.69, 9.17) is 15.6 Å². The molecule has 43 heavy (non-hydrogen) atoms. The first-order valence-corrected chi connectivity index (χ1v) is 13.8. The SMILES string of the molecule is CC(C)(C)OC(=O)N1CCC[C@@H](n2nc(-c3cccc(CNC(=O)c4cccc(C(F)(F)F)c4)c3)c3c(N)ncnc32)C1. The van der Waals surface area contributed by atoms with E-state index in [1.54, 1.807) is 21.7 Å². The van der Waals surface area contributed by atoms with Gasteiger partial charge in [0, 0.05) is 30.8 Å². The van der Waals surface area contributed by atoms with Crippen LogP contribution >= 0.6 is 0 Å². The van der Waals surface area contributed by atoms with Crippen molar-refractivity contribution in [2.24, 2.45) is 0 Å². The summed E-state index contributed by atoms with van der Waals surface area (Å²) in [5.41, 5.74) is 7.16. The molecule has 4 aromatic rings. The molecule has 2 amide bonds. The Bertz CT molecular complexity index is 1660. The number of nitrogens with two attached hydrogens (primary N) is 1. The van der Waals surface area contributed by atoms with E-state index in [-0.39, 0.29) is 30.1 Å². The van der Waals surface area contributed by atoms with Crippen LogP contribution in [0, 0.1) is 0 Å². The number of fused-ring (bicyclic) bond motifs is 1. The monoisotopic (exact) mass is 595 g/mol. The Kier molecular flexibility index (Phi) is 8.00. The van der Waals surface area contributed by atoms with Crippen LogP contribution in [0.3, 0.4) is 0 Å². The van der Waals surface area contributed by atoms with E-state index in [1.165, 1.54) is 18.5 Å². The number of carbonyl (C=O) groups is 2. The molecule has 13 heteroatoms. The van der Waals surface area contributed by atoms with E-state index in [9.17, 15) is 22.8 Å². The van der Waals surface area contributed by atoms with Gasteiger partial charge in [-0.1, -0.05) is 24.3 Å². The molecule has 0 bridgehead atoms. The Morgan fingerprint density at radius 1 is 1.09 bits per heavy atom. The van der Waals surface area contributed by atoms with Gasteiger partial charge in [0.1, 0.15) is 23.4 Å². The number of likely N-dealkylation sites (tertiary alicyclic amines) is 1. The highest BCUT2D eigenvalue weighted by molar-refractivity contribution is 5.98. The number of amides is 2. The summed E-state index contributed by atoms with van der Waals surface area (Å²) in [6.07, 6.45) is -2.05. The highest BCUT2D eigenvalue weighted by atomic mass is 19.4. The molecule has 10 nitrogen and oxygen atoms in total. The Hall–Kier alpha value is -4.68. The zero-order valence-corrected chi connectivity index (χ0v) is 24.0. The van der Waals surface area contributed by atoms with Crippen LogP contribution < -0.4 is 11.1 Å². The molecule has 0 aliphatic carbocycles. The Balaban J connectivity index is 1.39. The van der Waals surface area contributed by atoms with Gasteiger partial charge in [-0.15, -0.1) is 0 Å². The van der Waals surface area contributed by atoms with Crippen LogP contribution in [0.1, 0.15) is 61.1 Å². The number of carbonyl (C=O) groups excluding carboxylic acids is 2. The topological polar surface area (TPSA) is 128 Å². The molecule has 0 unspecified atom stereocenters. The number of hydrogen-bond donors (Lipinski definition) is 2. The number of piperidine rings is 1. The van der Waals surface area contributed by atoms with Crippen molar-refractivity contribution in [3.63, 3.8) is 0 Å². The second-order valence-electron chi connectivity index (χ2n) is 11.4. The van der Waals surface area contributed by atoms with Crippen molar-refractivity contribution in [2.75, 3.05) is 18.8 Å². The number of aromatic nitrogens is 4. The van der Waals surface area contributed by atoms with Gasteiger partial charge in [0.2, 0.25) is 0 Å². The maximum atomic E-state index is 13.1. The number of hydrogen-bond acceptors (Lipinski definition) is 7. The number of nitrogen functional groups attached to an aromatic ring is 1. The Morgan fingerprint density at radius 2 is 1.86 bits per heavy atom. The van der Waals surface area contributed by atoms with Crippen LogP contribution in [-0.2, 0) is 17.5 Å². The van der Waals surface area contributed by atoms with E-state index in [0.29, 0.717) is 40.9 Å². The van der Waals surface area contributed by atoms with Gasteiger partial charge in [-0.3, -0.25) is 4.79 Å². The molecule has 1 aliphatic heterocycles. The number of anilines is 1. The fraction of sp³-hybridized carbons (Fsp3) is 0.367. The van der Waals surface area contributed by atoms with Gasteiger partial charge >= 0.3 is 12.3 Å². The van der Waals surface area contributed by atoms with Crippen LogP contribution in [0.15, 0.2) is 54.9 Å². The number of benzene rings is 2. The minimum atomic E-state index is -4.55. The molecule has 1 atom stereocenters. The van der Waals surface area contributed by atoms with Crippen molar-refractivity contribution in [1.82, 2.24) is 30.0 Å². The zero-order valence-electron chi connectivity index (χ0n) is 24.0. The highest BCUT2D eigenvalue weighted by Crippen LogP contribution is 2.34. The van der Waals surface area contributed by atoms with E-state index in [2.05, 4.69) is 15.3 Å². The van der Waals surface area contributed by atoms with Gasteiger partial charge in [0.05, 0.1) is 17.0 Å². The predicted molar refractivity (Wildman–Crippen MR) is 154 cm³/mol. The maximum absolute atomic E-state index is 13.1. The quantitative estimate of drug-likeness (QED) is 0.308. The summed E-state index contributed by atoms with van der Waals surface area (Å²) in [5, 5.41) is 8.13. The third-order valence-electron chi connectivity index (χ3n) is 7.02. The molecule has 1 saturated heterocycles. The first-order chi connectivity index (χ1) is 20.3. The van der Waals surface area contributed by atoms with Crippen molar-refractivity contribution < 1.29 is 27.5 Å². The summed E-state index contributed by atoms with van der Waals surface area (Å²) >= 11 is 0. The molecule has 0 saturated carbocycles. The van der Waals surface area contributed by atoms with Crippen LogP contribution in [0.5, 0.6) is 0 Å². The summed E-state index contributed by atoms with van der Waals surface area (Å²) < 4.78 is 46.6. The second-order valence-corrected chi connectivity index (χ2v) is 11.4. The van der Waals surface area contributed by atoms with Crippen LogP contribution in [0.4, 0.5) is 23.8 Å². The minimum Gasteiger partial charge on any atom is -0.444 e. The van der Waals surface area contributed by atoms with E-state index in [1.807, 2.05) is 32.9 Å². The lowest BCUT2D eigenvalue weighted by Gasteiger charge is -2.34. The molecule has 0 spiro atoms. The fourth-order valence-corrected chi connectivity index (χ4v) is 5.05. The van der Waals surface area contributed by atoms with Gasteiger partial charge in [-0.2, -0.15) is 18.3 Å². The average molecular weight is 596 g/mol. The summed E-state index contributed by atoms with van der Waals surface area (Å²) in [7, 11) is 0. The molecule has 1 fully saturated rings. The normalized spacial score (nSPS) is 15.9. The van der Waals surface area contributed by atoms with Crippen LogP contribution in [0.25, 0.3) is 22.3 Å². The minimum absolute atomic E-state index is 0.0705. The average Bonchev–Trinajstić information content (AvgIpc) is 3.36. The predicted octanol–water partition coefficient (Wildman–Crippen LogP) is 5.60. The van der Waals surface area contributed by atoms with Gasteiger partial charge in [-0.05, 0) is 63.4 Å². The lowest BCUT2D eigenvalue weighted by atomic mass is 10.1. The Labute approximate surface area is 246 Å². The third kappa shape index (κ3) is 6.71. The lowest BCUT2D eigenvalue weighted by molar-refractivity contribution is -0.137. The summed E-state index contributed by atoms with van der Waals surface area (Å²) in [6.45, 7) is 6.50. The lowest BCUT2D eigenvalue weighted by Crippen LogP contribution is -2.43. The van der Waals surface area contributed by atoms with E-state index in [0.717, 1.165) is 25.0 Å². The molecule has 0 radical (unpaired) electrons. The first kappa shape index (κ1) is 29.8. The molecule has 5 rings (SSSR count). The van der Waals surface area contributed by atoms with Gasteiger partial charge < -0.3 is 20.7 Å². The Morgan fingerprint density at radius 3 is 2.60 bits per heavy atom. The van der Waals surface area contributed by atoms with Crippen LogP contribution in [-0.4, -0.2) is 55.3 Å². The van der Waals surface area contributed by atoms with Crippen molar-refractivity contribution in [2.45, 2.75) is 58.0 Å². The third-order valence-corrected chi connectivity index (χ3v) is 7.02. The van der Waals surface area contributed by atoms with Gasteiger partial charge in [-0.25, -0.2) is 19.4 Å². The summed E-state index contributed by atoms with van der Waals surface area (Å²) in [6, 6.07) is 11.3. The number of alkyl halides is 3. The van der Waals surface area contributed by atoms with Crippen LogP contribution in [0.2, 0.25) is 0 Å². The van der Waals surface area contributed by atoms with Crippen molar-refractivity contribution in [3.8, 4) is 11.3 Å². The van der Waals surface area contributed by atoms with E-state index < -0.39 is 23.2 Å². The van der Waals surface area contributed by atoms with E-state index >= 15 is 0 Å². The molecular formula is C30H32F3N7O3. The molecular weight excluding hydrogens is 563 g/mol. The molecule has 3 heterocycles. The second kappa shape index (κ2) is 11.5. The smallest absolute Gasteiger partial charge is 0.416 e. The molecule has 226 valence electrons. The molecule has 3 N–H and O–H groups in total. The number of nitrogens with one attached hydrogen (secondary N) is 1. The molecule has 2 aromatic heterocycles. The van der Waals surface area contributed by atoms with Gasteiger partial charge in [0.15, 0.2) is 5.65 Å². The number of ether oxygens (including phenoxy) is 1. The van der Waals surface area contributed by atoms with Crippen molar-refractivity contribution >= 4 is 28.9 Å². The number of nitrogens with zero attached hydrogens (tertiary/aromatic N) is 5. The van der Waals surface area contributed by atoms with Crippen molar-refractivity contribution in [1.29, 1.82) is 0 Å². The van der Waals surface area contributed by atoms with Gasteiger partial charge in [0.25, 0.3) is 5.91 Å². The number of halogens is 3. The standard InChI is InChI=1S/C30H32F3N7O3/c1-29(2,3)43-28(42)39-12-6-11-22(16-39)40-26-23(25(34)36-17-37-26)24(38-40)19-8-4-7-18(13-19)15-35-27(41)20-9-5-10-21(14-20)30(31,32)33/h4-5,7-10,13-14,17,22H,6,11-12,15-16H2,1-3H3,(H,35,41)(H2,34,36,37)/t22-/m1/s1. The summed E-state index contributed by atoms with van der Waals surface area (Å²) in [4.78, 5) is 35.7. The largest absolute Gasteiger partial charge is 0.444 e. The highest BCUT2D eigenvalue weighted by Gasteiger charge is 2.32. The fourth-order valence-electron chi connectivity index (χ4n) is 5.05. The zero-order chi connectivity index (χ0) is 30.9. The molecule has 2 aromatic carbocycles. The summed E-state index contributed by atoms with van der Waals surface area (Å²) in [5.74, 6) is -0.384. The maximum Gasteiger partial charge on any atom is 0.416 e. The van der Waals surface area contributed by atoms with Crippen molar-refractivity contribution in [3.05, 3.63) is 71.5 Å². The molecule has 1 aliphatic rings. The number of rotatable bonds is 5. The first-order valence-electron chi connectivity index (χ1n) is 13.8.